The molecule has 3 amide bonds. The van der Waals surface area contributed by atoms with Gasteiger partial charge in [0, 0.05) is 42.3 Å². The van der Waals surface area contributed by atoms with Gasteiger partial charge in [0.05, 0.1) is 29.8 Å². The number of hydrogen-bond donors (Lipinski definition) is 7. The van der Waals surface area contributed by atoms with Gasteiger partial charge in [0.25, 0.3) is 17.5 Å². The van der Waals surface area contributed by atoms with Crippen molar-refractivity contribution in [2.24, 2.45) is 5.92 Å². The molecule has 0 unspecified atom stereocenters. The van der Waals surface area contributed by atoms with Crippen molar-refractivity contribution in [3.05, 3.63) is 111 Å². The largest absolute Gasteiger partial charge is 0.394 e. The summed E-state index contributed by atoms with van der Waals surface area (Å²) >= 11 is 0. The van der Waals surface area contributed by atoms with Crippen molar-refractivity contribution in [2.75, 3.05) is 16.8 Å². The van der Waals surface area contributed by atoms with E-state index in [-0.39, 0.29) is 48.1 Å². The van der Waals surface area contributed by atoms with Crippen LogP contribution in [0.3, 0.4) is 0 Å². The minimum absolute atomic E-state index is 0.000328. The molecule has 8 atom stereocenters. The van der Waals surface area contributed by atoms with Crippen LogP contribution in [0.5, 0.6) is 0 Å². The van der Waals surface area contributed by atoms with E-state index >= 15 is 0 Å². The molecule has 0 spiro atoms. The Hall–Kier alpha value is -5.07. The van der Waals surface area contributed by atoms with E-state index in [9.17, 15) is 55.1 Å². The van der Waals surface area contributed by atoms with Crippen molar-refractivity contribution in [3.63, 3.8) is 0 Å². The van der Waals surface area contributed by atoms with E-state index in [1.807, 2.05) is 24.3 Å². The van der Waals surface area contributed by atoms with E-state index in [0.29, 0.717) is 18.5 Å². The Morgan fingerprint density at radius 1 is 1.04 bits per heavy atom. The van der Waals surface area contributed by atoms with Crippen molar-refractivity contribution >= 4 is 34.8 Å². The quantitative estimate of drug-likeness (QED) is 0.0861. The molecule has 7 N–H and O–H groups in total. The van der Waals surface area contributed by atoms with E-state index in [1.165, 1.54) is 41.3 Å². The van der Waals surface area contributed by atoms with Crippen molar-refractivity contribution in [1.82, 2.24) is 4.90 Å². The van der Waals surface area contributed by atoms with Gasteiger partial charge in [-0.1, -0.05) is 55.5 Å². The number of rotatable bonds is 10. The van der Waals surface area contributed by atoms with Gasteiger partial charge in [-0.2, -0.15) is 0 Å². The first-order chi connectivity index (χ1) is 25.2. The van der Waals surface area contributed by atoms with Crippen molar-refractivity contribution in [3.8, 4) is 0 Å². The number of nitrogens with zero attached hydrogens (tertiary/aromatic N) is 3. The maximum absolute atomic E-state index is 14.1. The summed E-state index contributed by atoms with van der Waals surface area (Å²) in [5.74, 6) is -2.92. The first-order valence-corrected chi connectivity index (χ1v) is 17.0. The van der Waals surface area contributed by atoms with Gasteiger partial charge in [0.15, 0.2) is 18.0 Å². The summed E-state index contributed by atoms with van der Waals surface area (Å²) in [7, 11) is 0. The Kier molecular flexibility index (Phi) is 10.7. The highest BCUT2D eigenvalue weighted by molar-refractivity contribution is 6.07. The van der Waals surface area contributed by atoms with Crippen LogP contribution in [-0.4, -0.2) is 102 Å². The third kappa shape index (κ3) is 7.17. The number of fused-ring (bicyclic) bond motifs is 2. The van der Waals surface area contributed by atoms with Gasteiger partial charge in [-0.05, 0) is 41.3 Å². The number of nitro groups is 1. The predicted molar refractivity (Wildman–Crippen MR) is 187 cm³/mol. The Bertz CT molecular complexity index is 1940. The van der Waals surface area contributed by atoms with E-state index < -0.39 is 65.0 Å². The number of amides is 3. The van der Waals surface area contributed by atoms with Gasteiger partial charge in [-0.25, -0.2) is 0 Å². The summed E-state index contributed by atoms with van der Waals surface area (Å²) < 4.78 is 4.99. The number of carbonyl (C=O) groups excluding carboxylic acids is 3. The fourth-order valence-electron chi connectivity index (χ4n) is 7.10. The Morgan fingerprint density at radius 3 is 2.49 bits per heavy atom. The summed E-state index contributed by atoms with van der Waals surface area (Å²) in [4.78, 5) is 54.3. The highest BCUT2D eigenvalue weighted by Gasteiger charge is 2.53. The smallest absolute Gasteiger partial charge is 0.269 e. The molecule has 3 aliphatic heterocycles. The van der Waals surface area contributed by atoms with Crippen molar-refractivity contribution in [1.29, 1.82) is 0 Å². The second-order valence-electron chi connectivity index (χ2n) is 13.5. The molecule has 16 heteroatoms. The molecule has 0 bridgehead atoms. The molecular formula is C37H40N4O12. The average Bonchev–Trinajstić information content (AvgIpc) is 3.36. The maximum Gasteiger partial charge on any atom is 0.269 e. The summed E-state index contributed by atoms with van der Waals surface area (Å²) in [6.45, 7) is 1.53. The molecule has 1 saturated heterocycles. The van der Waals surface area contributed by atoms with Gasteiger partial charge >= 0.3 is 0 Å². The molecule has 280 valence electrons. The van der Waals surface area contributed by atoms with Crippen LogP contribution < -0.4 is 10.2 Å². The number of nitrogens with one attached hydrogen (secondary N) is 1. The number of benzene rings is 3. The molecule has 1 fully saturated rings. The number of aliphatic hydroxyl groups is 6. The van der Waals surface area contributed by atoms with Crippen LogP contribution in [0.4, 0.5) is 17.1 Å². The maximum atomic E-state index is 14.1. The summed E-state index contributed by atoms with van der Waals surface area (Å²) in [6, 6.07) is 17.2. The lowest BCUT2D eigenvalue weighted by Crippen LogP contribution is -2.60. The minimum atomic E-state index is -2.26. The summed E-state index contributed by atoms with van der Waals surface area (Å²) in [5.41, 5.74) is 0.303. The van der Waals surface area contributed by atoms with E-state index in [4.69, 9.17) is 4.74 Å². The van der Waals surface area contributed by atoms with Gasteiger partial charge in [-0.15, -0.1) is 0 Å². The lowest BCUT2D eigenvalue weighted by Gasteiger charge is -2.37. The minimum Gasteiger partial charge on any atom is -0.394 e. The van der Waals surface area contributed by atoms with Crippen LogP contribution in [0.1, 0.15) is 35.6 Å². The highest BCUT2D eigenvalue weighted by Crippen LogP contribution is 2.47. The molecule has 16 nitrogen and oxygen atoms in total. The number of anilines is 2. The molecule has 6 rings (SSSR count). The molecule has 0 saturated carbocycles. The highest BCUT2D eigenvalue weighted by atomic mass is 16.6. The van der Waals surface area contributed by atoms with E-state index in [1.54, 1.807) is 24.0 Å². The molecule has 3 aliphatic rings. The monoisotopic (exact) mass is 732 g/mol. The average molecular weight is 733 g/mol. The molecule has 3 aromatic rings. The zero-order valence-electron chi connectivity index (χ0n) is 28.6. The third-order valence-electron chi connectivity index (χ3n) is 10.1. The normalized spacial score (nSPS) is 27.3. The zero-order valence-corrected chi connectivity index (χ0v) is 28.6. The SMILES string of the molecule is C[C@H](/C=C/CC(=O)N1Cc2ccccc2C[C@H]1CO)[C@@]1(O)C(=O)N(Cc2cccc(NC(=O)[C@H]3O[C@@H](O)[C@H](O)[C@@H](O)[C@@H]3O)c2)c2ccc([N+](=O)[O-])cc21. The number of non-ortho nitro benzene ring substituents is 1. The first-order valence-electron chi connectivity index (χ1n) is 17.0. The van der Waals surface area contributed by atoms with E-state index in [0.717, 1.165) is 17.2 Å². The zero-order chi connectivity index (χ0) is 38.2. The summed E-state index contributed by atoms with van der Waals surface area (Å²) in [6.07, 6.45) is -5.69. The number of carbonyl (C=O) groups is 3. The second-order valence-corrected chi connectivity index (χ2v) is 13.5. The van der Waals surface area contributed by atoms with Gasteiger partial charge < -0.3 is 50.5 Å². The number of ether oxygens (including phenoxy) is 1. The fourth-order valence-corrected chi connectivity index (χ4v) is 7.10. The molecule has 0 aliphatic carbocycles. The number of hydrogen-bond acceptors (Lipinski definition) is 12. The van der Waals surface area contributed by atoms with Crippen LogP contribution >= 0.6 is 0 Å². The van der Waals surface area contributed by atoms with Crippen LogP contribution in [0, 0.1) is 16.0 Å². The fraction of sp³-hybridized carbons (Fsp3) is 0.378. The molecule has 0 radical (unpaired) electrons. The first kappa shape index (κ1) is 37.7. The number of aliphatic hydroxyl groups excluding tert-OH is 5. The van der Waals surface area contributed by atoms with Crippen LogP contribution in [-0.2, 0) is 44.2 Å². The predicted octanol–water partition coefficient (Wildman–Crippen LogP) is 0.596. The molecular weight excluding hydrogens is 692 g/mol. The van der Waals surface area contributed by atoms with Crippen LogP contribution in [0.2, 0.25) is 0 Å². The van der Waals surface area contributed by atoms with Crippen LogP contribution in [0.15, 0.2) is 78.9 Å². The summed E-state index contributed by atoms with van der Waals surface area (Å²) in [5, 5.41) is 76.1. The lowest BCUT2D eigenvalue weighted by molar-refractivity contribution is -0.385. The topological polar surface area (TPSA) is 243 Å². The molecule has 53 heavy (non-hydrogen) atoms. The molecule has 0 aromatic heterocycles. The van der Waals surface area contributed by atoms with Gasteiger partial charge in [-0.3, -0.25) is 24.5 Å². The Balaban J connectivity index is 1.20. The second kappa shape index (κ2) is 15.1. The number of nitro benzene ring substituents is 1. The molecule has 3 aromatic carbocycles. The van der Waals surface area contributed by atoms with Crippen molar-refractivity contribution in [2.45, 2.75) is 75.2 Å². The van der Waals surface area contributed by atoms with Crippen molar-refractivity contribution < 1.29 is 54.7 Å². The molecule has 3 heterocycles. The van der Waals surface area contributed by atoms with Gasteiger partial charge in [0.2, 0.25) is 5.91 Å². The standard InChI is InChI=1S/C37H40N4O12/c1-20(6-4-11-29(43)39-18-23-9-3-2-8-22(23)15-26(39)19-42)37(50)27-16-25(41(51)52)12-13-28(27)40(36(37)49)17-21-7-5-10-24(14-21)38-34(47)33-31(45)30(44)32(46)35(48)53-33/h2-10,12-14,16,20,26,30-33,35,42,44-46,48,50H,11,15,17-19H2,1H3,(H,38,47)/b6-4+/t20-,26+,30+,31+,32-,33+,35-,37+/m1/s1. The van der Waals surface area contributed by atoms with E-state index in [2.05, 4.69) is 5.32 Å². The van der Waals surface area contributed by atoms with Gasteiger partial charge in [0.1, 0.15) is 18.3 Å². The lowest BCUT2D eigenvalue weighted by atomic mass is 9.82. The Labute approximate surface area is 303 Å². The van der Waals surface area contributed by atoms with Crippen LogP contribution in [0.25, 0.3) is 0 Å². The third-order valence-corrected chi connectivity index (χ3v) is 10.1. The Morgan fingerprint density at radius 2 is 1.77 bits per heavy atom.